The number of hydrogen-bond acceptors (Lipinski definition) is 5. The largest absolute Gasteiger partial charge is 0.317 e. The minimum absolute atomic E-state index is 0.935. The van der Waals surface area contributed by atoms with Crippen molar-refractivity contribution in [1.29, 1.82) is 0 Å². The van der Waals surface area contributed by atoms with Crippen molar-refractivity contribution in [3.63, 3.8) is 0 Å². The van der Waals surface area contributed by atoms with Gasteiger partial charge in [0.1, 0.15) is 0 Å². The molecule has 0 saturated carbocycles. The number of amidine groups is 1. The summed E-state index contributed by atoms with van der Waals surface area (Å²) in [4.78, 5) is 11.2. The summed E-state index contributed by atoms with van der Waals surface area (Å²) in [7, 11) is 0. The van der Waals surface area contributed by atoms with Crippen molar-refractivity contribution in [1.82, 2.24) is 4.90 Å². The number of benzene rings is 1. The molecule has 0 spiro atoms. The second-order valence-corrected chi connectivity index (χ2v) is 8.08. The lowest BCUT2D eigenvalue weighted by Gasteiger charge is -2.15. The van der Waals surface area contributed by atoms with Crippen molar-refractivity contribution in [2.75, 3.05) is 19.3 Å². The van der Waals surface area contributed by atoms with Crippen molar-refractivity contribution >= 4 is 55.8 Å². The van der Waals surface area contributed by atoms with Crippen LogP contribution in [0.3, 0.4) is 0 Å². The van der Waals surface area contributed by atoms with Crippen LogP contribution in [0.4, 0.5) is 0 Å². The van der Waals surface area contributed by atoms with E-state index in [0.29, 0.717) is 0 Å². The van der Waals surface area contributed by atoms with Crippen LogP contribution in [0.5, 0.6) is 0 Å². The van der Waals surface area contributed by atoms with E-state index in [0.717, 1.165) is 19.5 Å². The topological polar surface area (TPSA) is 15.6 Å². The monoisotopic (exact) mass is 332 g/mol. The molecule has 2 nitrogen and oxygen atoms in total. The zero-order chi connectivity index (χ0) is 14.4. The molecule has 2 aliphatic rings. The molecule has 0 fully saturated rings. The average Bonchev–Trinajstić information content (AvgIpc) is 3.18. The zero-order valence-electron chi connectivity index (χ0n) is 12.0. The van der Waals surface area contributed by atoms with Gasteiger partial charge in [0, 0.05) is 21.0 Å². The summed E-state index contributed by atoms with van der Waals surface area (Å²) in [5.74, 6) is 0. The van der Waals surface area contributed by atoms with Gasteiger partial charge in [-0.2, -0.15) is 0 Å². The molecule has 0 radical (unpaired) electrons. The zero-order valence-corrected chi connectivity index (χ0v) is 14.5. The normalized spacial score (nSPS) is 17.8. The number of thiophene rings is 1. The average molecular weight is 333 g/mol. The van der Waals surface area contributed by atoms with Gasteiger partial charge in [-0.15, -0.1) is 23.1 Å². The molecule has 0 N–H and O–H groups in total. The van der Waals surface area contributed by atoms with Gasteiger partial charge in [0.25, 0.3) is 0 Å². The van der Waals surface area contributed by atoms with Crippen molar-refractivity contribution in [2.45, 2.75) is 18.2 Å². The van der Waals surface area contributed by atoms with Crippen LogP contribution in [0.1, 0.15) is 18.2 Å². The third-order valence-corrected chi connectivity index (χ3v) is 6.92. The molecule has 4 rings (SSSR count). The van der Waals surface area contributed by atoms with Gasteiger partial charge < -0.3 is 4.90 Å². The fourth-order valence-electron chi connectivity index (χ4n) is 2.80. The molecule has 0 unspecified atom stereocenters. The molecule has 1 aromatic heterocycles. The van der Waals surface area contributed by atoms with E-state index in [4.69, 9.17) is 0 Å². The molecule has 2 aliphatic heterocycles. The van der Waals surface area contributed by atoms with Crippen molar-refractivity contribution in [3.8, 4) is 0 Å². The number of thioether (sulfide) groups is 2. The number of hydrogen-bond donors (Lipinski definition) is 0. The summed E-state index contributed by atoms with van der Waals surface area (Å²) < 4.78 is 1.38. The minimum atomic E-state index is 0.935. The van der Waals surface area contributed by atoms with Crippen LogP contribution in [-0.2, 0) is 0 Å². The highest BCUT2D eigenvalue weighted by Crippen LogP contribution is 2.46. The standard InChI is InChI=1S/C16H16N2S3/c1-3-12-15(18-7-6-17-16(18)21-12)14-8-10-4-5-11(19-2)9-13(10)20-14/h4-5,8-9H,3,6-7H2,1-2H3. The fraction of sp³-hybridized carbons (Fsp3) is 0.312. The van der Waals surface area contributed by atoms with Crippen LogP contribution < -0.4 is 0 Å². The number of fused-ring (bicyclic) bond motifs is 2. The van der Waals surface area contributed by atoms with Crippen molar-refractivity contribution in [3.05, 3.63) is 34.0 Å². The van der Waals surface area contributed by atoms with Crippen LogP contribution in [0.2, 0.25) is 0 Å². The highest BCUT2D eigenvalue weighted by molar-refractivity contribution is 8.17. The van der Waals surface area contributed by atoms with E-state index in [-0.39, 0.29) is 0 Å². The number of nitrogens with zero attached hydrogens (tertiary/aromatic N) is 2. The molecule has 0 amide bonds. The lowest BCUT2D eigenvalue weighted by atomic mass is 10.2. The van der Waals surface area contributed by atoms with Crippen molar-refractivity contribution < 1.29 is 0 Å². The highest BCUT2D eigenvalue weighted by Gasteiger charge is 2.32. The second-order valence-electron chi connectivity index (χ2n) is 5.06. The van der Waals surface area contributed by atoms with E-state index in [2.05, 4.69) is 47.3 Å². The Morgan fingerprint density at radius 3 is 3.05 bits per heavy atom. The lowest BCUT2D eigenvalue weighted by Crippen LogP contribution is -2.19. The third kappa shape index (κ3) is 2.22. The van der Waals surface area contributed by atoms with Crippen LogP contribution in [0.15, 0.2) is 39.1 Å². The first-order valence-corrected chi connectivity index (χ1v) is 9.97. The summed E-state index contributed by atoms with van der Waals surface area (Å²) in [5.41, 5.74) is 1.41. The molecule has 108 valence electrons. The quantitative estimate of drug-likeness (QED) is 0.726. The van der Waals surface area contributed by atoms with Gasteiger partial charge in [0.05, 0.1) is 17.1 Å². The Hall–Kier alpha value is -0.910. The van der Waals surface area contributed by atoms with Gasteiger partial charge >= 0.3 is 0 Å². The summed E-state index contributed by atoms with van der Waals surface area (Å²) in [6, 6.07) is 9.11. The van der Waals surface area contributed by atoms with E-state index in [1.54, 1.807) is 11.8 Å². The number of rotatable bonds is 3. The molecule has 21 heavy (non-hydrogen) atoms. The van der Waals surface area contributed by atoms with Gasteiger partial charge in [0.2, 0.25) is 0 Å². The molecular weight excluding hydrogens is 316 g/mol. The van der Waals surface area contributed by atoms with E-state index in [1.165, 1.54) is 35.6 Å². The first-order chi connectivity index (χ1) is 10.3. The molecule has 1 aromatic carbocycles. The summed E-state index contributed by atoms with van der Waals surface area (Å²) in [5, 5.41) is 2.55. The van der Waals surface area contributed by atoms with Crippen molar-refractivity contribution in [2.24, 2.45) is 4.99 Å². The Bertz CT molecular complexity index is 773. The highest BCUT2D eigenvalue weighted by atomic mass is 32.2. The van der Waals surface area contributed by atoms with Crippen LogP contribution >= 0.6 is 34.9 Å². The van der Waals surface area contributed by atoms with Gasteiger partial charge in [-0.1, -0.05) is 24.8 Å². The Morgan fingerprint density at radius 2 is 2.24 bits per heavy atom. The van der Waals surface area contributed by atoms with Crippen LogP contribution in [0.25, 0.3) is 15.8 Å². The molecule has 3 heterocycles. The Morgan fingerprint density at radius 1 is 1.33 bits per heavy atom. The molecule has 5 heteroatoms. The Balaban J connectivity index is 1.83. The molecule has 0 saturated heterocycles. The third-order valence-electron chi connectivity index (χ3n) is 3.83. The maximum atomic E-state index is 4.62. The Labute approximate surface area is 137 Å². The smallest absolute Gasteiger partial charge is 0.168 e. The summed E-state index contributed by atoms with van der Waals surface area (Å²) >= 11 is 5.58. The van der Waals surface area contributed by atoms with E-state index in [1.807, 2.05) is 23.1 Å². The second kappa shape index (κ2) is 5.38. The predicted molar refractivity (Wildman–Crippen MR) is 97.4 cm³/mol. The van der Waals surface area contributed by atoms with E-state index < -0.39 is 0 Å². The SMILES string of the molecule is CCC1=C(c2cc3ccc(SC)cc3s2)N2CCN=C2S1. The van der Waals surface area contributed by atoms with Gasteiger partial charge in [-0.05, 0) is 36.3 Å². The summed E-state index contributed by atoms with van der Waals surface area (Å²) in [6.07, 6.45) is 3.22. The first kappa shape index (κ1) is 13.7. The molecular formula is C16H16N2S3. The lowest BCUT2D eigenvalue weighted by molar-refractivity contribution is 0.648. The fourth-order valence-corrected chi connectivity index (χ4v) is 5.69. The Kier molecular flexibility index (Phi) is 3.52. The predicted octanol–water partition coefficient (Wildman–Crippen LogP) is 5.12. The van der Waals surface area contributed by atoms with Gasteiger partial charge in [-0.25, -0.2) is 0 Å². The maximum Gasteiger partial charge on any atom is 0.168 e. The number of allylic oxidation sites excluding steroid dienone is 1. The molecule has 2 aromatic rings. The van der Waals surface area contributed by atoms with Crippen LogP contribution in [-0.4, -0.2) is 29.4 Å². The van der Waals surface area contributed by atoms with E-state index in [9.17, 15) is 0 Å². The minimum Gasteiger partial charge on any atom is -0.317 e. The van der Waals surface area contributed by atoms with E-state index >= 15 is 0 Å². The van der Waals surface area contributed by atoms with Crippen LogP contribution in [0, 0.1) is 0 Å². The van der Waals surface area contributed by atoms with Gasteiger partial charge in [0.15, 0.2) is 5.17 Å². The molecule has 0 atom stereocenters. The molecule has 0 aliphatic carbocycles. The molecule has 0 bridgehead atoms. The van der Waals surface area contributed by atoms with Gasteiger partial charge in [-0.3, -0.25) is 4.99 Å². The maximum absolute atomic E-state index is 4.62. The summed E-state index contributed by atoms with van der Waals surface area (Å²) in [6.45, 7) is 4.21. The number of aliphatic imine (C=N–C) groups is 1. The first-order valence-electron chi connectivity index (χ1n) is 7.11.